The van der Waals surface area contributed by atoms with Gasteiger partial charge in [0.1, 0.15) is 6.10 Å². The average molecular weight is 359 g/mol. The van der Waals surface area contributed by atoms with Gasteiger partial charge >= 0.3 is 12.1 Å². The topological polar surface area (TPSA) is 26.3 Å². The van der Waals surface area contributed by atoms with E-state index in [-0.39, 0.29) is 10.0 Å². The zero-order valence-corrected chi connectivity index (χ0v) is 14.2. The Labute approximate surface area is 132 Å². The van der Waals surface area contributed by atoms with Gasteiger partial charge in [-0.25, -0.2) is 4.79 Å². The lowest BCUT2D eigenvalue weighted by Crippen LogP contribution is -2.31. The highest BCUT2D eigenvalue weighted by Gasteiger charge is 2.43. The molecule has 21 heavy (non-hydrogen) atoms. The van der Waals surface area contributed by atoms with Crippen molar-refractivity contribution in [3.63, 3.8) is 0 Å². The molecule has 0 fully saturated rings. The summed E-state index contributed by atoms with van der Waals surface area (Å²) in [6.45, 7) is 5.91. The Bertz CT molecular complexity index is 527. The minimum absolute atomic E-state index is 0.206. The molecule has 0 radical (unpaired) electrons. The summed E-state index contributed by atoms with van der Waals surface area (Å²) in [5, 5.41) is 0.493. The highest BCUT2D eigenvalue weighted by molar-refractivity contribution is 6.76. The van der Waals surface area contributed by atoms with E-state index in [0.29, 0.717) is 11.6 Å². The average Bonchev–Trinajstić information content (AvgIpc) is 2.28. The number of carbonyl (C=O) groups excluding carboxylic acids is 1. The molecule has 0 bridgehead atoms. The van der Waals surface area contributed by atoms with Crippen molar-refractivity contribution in [2.75, 3.05) is 0 Å². The summed E-state index contributed by atoms with van der Waals surface area (Å²) in [5.74, 6) is -2.20. The Hall–Kier alpha value is -0.723. The Balaban J connectivity index is 3.07. The van der Waals surface area contributed by atoms with Crippen molar-refractivity contribution in [1.29, 1.82) is 0 Å². The van der Waals surface area contributed by atoms with Crippen LogP contribution in [0.2, 0.25) is 35.7 Å². The van der Waals surface area contributed by atoms with E-state index in [1.807, 2.05) is 19.6 Å². The van der Waals surface area contributed by atoms with Crippen molar-refractivity contribution in [1.82, 2.24) is 0 Å². The van der Waals surface area contributed by atoms with Crippen molar-refractivity contribution < 1.29 is 22.7 Å². The lowest BCUT2D eigenvalue weighted by atomic mass is 10.1. The Morgan fingerprint density at radius 3 is 2.24 bits per heavy atom. The van der Waals surface area contributed by atoms with Crippen LogP contribution in [-0.4, -0.2) is 20.2 Å². The number of esters is 1. The van der Waals surface area contributed by atoms with Gasteiger partial charge in [0.05, 0.1) is 10.0 Å². The van der Waals surface area contributed by atoms with Crippen LogP contribution in [0.1, 0.15) is 11.7 Å². The maximum absolute atomic E-state index is 12.4. The van der Waals surface area contributed by atoms with Gasteiger partial charge in [-0.15, -0.1) is 0 Å². The van der Waals surface area contributed by atoms with E-state index in [1.54, 1.807) is 0 Å². The van der Waals surface area contributed by atoms with Gasteiger partial charge < -0.3 is 4.74 Å². The number of rotatable bonds is 4. The van der Waals surface area contributed by atoms with Crippen LogP contribution in [-0.2, 0) is 9.53 Å². The number of ether oxygens (including phenoxy) is 1. The van der Waals surface area contributed by atoms with E-state index in [4.69, 9.17) is 23.2 Å². The first-order chi connectivity index (χ1) is 9.40. The predicted molar refractivity (Wildman–Crippen MR) is 79.5 cm³/mol. The lowest BCUT2D eigenvalue weighted by Gasteiger charge is -2.25. The third-order valence-electron chi connectivity index (χ3n) is 2.59. The molecule has 0 amide bonds. The fourth-order valence-electron chi connectivity index (χ4n) is 1.69. The summed E-state index contributed by atoms with van der Waals surface area (Å²) < 4.78 is 41.8. The second kappa shape index (κ2) is 6.58. The van der Waals surface area contributed by atoms with Crippen LogP contribution in [0.25, 0.3) is 0 Å². The van der Waals surface area contributed by atoms with Gasteiger partial charge in [-0.05, 0) is 23.7 Å². The minimum Gasteiger partial charge on any atom is -0.451 e. The molecule has 1 aromatic rings. The summed E-state index contributed by atoms with van der Waals surface area (Å²) in [6, 6.07) is 4.77. The molecule has 0 aromatic heterocycles. The zero-order chi connectivity index (χ0) is 16.4. The molecule has 0 spiro atoms. The second-order valence-electron chi connectivity index (χ2n) is 5.83. The quantitative estimate of drug-likeness (QED) is 0.526. The molecule has 0 aliphatic heterocycles. The number of benzene rings is 1. The normalized spacial score (nSPS) is 13.9. The van der Waals surface area contributed by atoms with Gasteiger partial charge in [0.15, 0.2) is 0 Å². The van der Waals surface area contributed by atoms with Gasteiger partial charge in [0.25, 0.3) is 0 Å². The van der Waals surface area contributed by atoms with Crippen LogP contribution in [0, 0.1) is 0 Å². The van der Waals surface area contributed by atoms with Gasteiger partial charge in [0, 0.05) is 8.07 Å². The molecule has 0 N–H and O–H groups in total. The summed E-state index contributed by atoms with van der Waals surface area (Å²) >= 11 is 11.7. The molecular weight excluding hydrogens is 344 g/mol. The van der Waals surface area contributed by atoms with E-state index in [2.05, 4.69) is 4.74 Å². The van der Waals surface area contributed by atoms with Crippen LogP contribution in [0.3, 0.4) is 0 Å². The number of carbonyl (C=O) groups is 1. The number of alkyl halides is 3. The molecule has 1 atom stereocenters. The lowest BCUT2D eigenvalue weighted by molar-refractivity contribution is -0.204. The van der Waals surface area contributed by atoms with Gasteiger partial charge in [-0.2, -0.15) is 13.2 Å². The molecule has 0 aliphatic carbocycles. The largest absolute Gasteiger partial charge is 0.490 e. The standard InChI is InChI=1S/C13H15Cl2F3O2Si/c1-21(2,3)7-11(20-12(19)13(16,17)18)8-4-5-9(14)10(15)6-8/h4-6,11H,7H2,1-3H3. The molecule has 2 nitrogen and oxygen atoms in total. The second-order valence-corrected chi connectivity index (χ2v) is 12.2. The monoisotopic (exact) mass is 358 g/mol. The highest BCUT2D eigenvalue weighted by atomic mass is 35.5. The van der Waals surface area contributed by atoms with Crippen LogP contribution < -0.4 is 0 Å². The first kappa shape index (κ1) is 18.3. The minimum atomic E-state index is -5.02. The SMILES string of the molecule is C[Si](C)(C)CC(OC(=O)C(F)(F)F)c1ccc(Cl)c(Cl)c1. The summed E-state index contributed by atoms with van der Waals surface area (Å²) in [6.07, 6.45) is -6.01. The molecule has 0 saturated carbocycles. The van der Waals surface area contributed by atoms with E-state index in [9.17, 15) is 18.0 Å². The first-order valence-electron chi connectivity index (χ1n) is 6.13. The number of halogens is 5. The fraction of sp³-hybridized carbons (Fsp3) is 0.462. The third kappa shape index (κ3) is 5.88. The van der Waals surface area contributed by atoms with Crippen LogP contribution in [0.5, 0.6) is 0 Å². The molecule has 0 saturated heterocycles. The van der Waals surface area contributed by atoms with E-state index >= 15 is 0 Å². The molecule has 1 rings (SSSR count). The van der Waals surface area contributed by atoms with Crippen molar-refractivity contribution in [2.24, 2.45) is 0 Å². The van der Waals surface area contributed by atoms with E-state index in [0.717, 1.165) is 0 Å². The maximum atomic E-state index is 12.4. The highest BCUT2D eigenvalue weighted by Crippen LogP contribution is 2.33. The summed E-state index contributed by atoms with van der Waals surface area (Å²) in [5.41, 5.74) is 0.407. The fourth-order valence-corrected chi connectivity index (χ4v) is 3.43. The van der Waals surface area contributed by atoms with E-state index < -0.39 is 26.3 Å². The summed E-state index contributed by atoms with van der Waals surface area (Å²) in [7, 11) is -1.78. The molecule has 8 heteroatoms. The third-order valence-corrected chi connectivity index (χ3v) is 4.93. The van der Waals surface area contributed by atoms with Crippen LogP contribution in [0.15, 0.2) is 18.2 Å². The van der Waals surface area contributed by atoms with Crippen LogP contribution in [0.4, 0.5) is 13.2 Å². The van der Waals surface area contributed by atoms with Crippen molar-refractivity contribution in [2.45, 2.75) is 38.0 Å². The molecule has 0 heterocycles. The van der Waals surface area contributed by atoms with Gasteiger partial charge in [-0.3, -0.25) is 0 Å². The first-order valence-corrected chi connectivity index (χ1v) is 10.6. The molecule has 0 aliphatic rings. The van der Waals surface area contributed by atoms with E-state index in [1.165, 1.54) is 18.2 Å². The number of hydrogen-bond acceptors (Lipinski definition) is 2. The molecule has 1 unspecified atom stereocenters. The molecule has 1 aromatic carbocycles. The Morgan fingerprint density at radius 1 is 1.24 bits per heavy atom. The number of hydrogen-bond donors (Lipinski definition) is 0. The van der Waals surface area contributed by atoms with Crippen molar-refractivity contribution in [3.05, 3.63) is 33.8 Å². The molecular formula is C13H15Cl2F3O2Si. The van der Waals surface area contributed by atoms with Crippen molar-refractivity contribution in [3.8, 4) is 0 Å². The Morgan fingerprint density at radius 2 is 1.81 bits per heavy atom. The molecule has 118 valence electrons. The maximum Gasteiger partial charge on any atom is 0.490 e. The van der Waals surface area contributed by atoms with Crippen molar-refractivity contribution >= 4 is 37.2 Å². The summed E-state index contributed by atoms with van der Waals surface area (Å²) in [4.78, 5) is 11.1. The van der Waals surface area contributed by atoms with Gasteiger partial charge in [0.2, 0.25) is 0 Å². The zero-order valence-electron chi connectivity index (χ0n) is 11.7. The van der Waals surface area contributed by atoms with Crippen LogP contribution >= 0.6 is 23.2 Å². The Kier molecular flexibility index (Phi) is 5.74. The smallest absolute Gasteiger partial charge is 0.451 e. The van der Waals surface area contributed by atoms with Gasteiger partial charge in [-0.1, -0.05) is 48.9 Å². The predicted octanol–water partition coefficient (Wildman–Crippen LogP) is 5.48.